The smallest absolute Gasteiger partial charge is 0.251 e. The van der Waals surface area contributed by atoms with Gasteiger partial charge < -0.3 is 15.3 Å². The molecule has 2 N–H and O–H groups in total. The molecule has 1 aliphatic rings. The summed E-state index contributed by atoms with van der Waals surface area (Å²) in [6, 6.07) is 7.57. The molecule has 0 aliphatic carbocycles. The minimum Gasteiger partial charge on any atom is -0.396 e. The predicted octanol–water partition coefficient (Wildman–Crippen LogP) is 1.32. The minimum absolute atomic E-state index is 0.0194. The molecule has 0 radical (unpaired) electrons. The summed E-state index contributed by atoms with van der Waals surface area (Å²) in [5.74, 6) is 0.699. The van der Waals surface area contributed by atoms with Crippen LogP contribution in [0.2, 0.25) is 0 Å². The molecule has 0 unspecified atom stereocenters. The van der Waals surface area contributed by atoms with Crippen molar-refractivity contribution in [2.45, 2.75) is 19.9 Å². The molecule has 1 aliphatic heterocycles. The molecule has 2 heterocycles. The largest absolute Gasteiger partial charge is 0.396 e. The number of aliphatic hydroxyl groups is 1. The fourth-order valence-electron chi connectivity index (χ4n) is 3.10. The highest BCUT2D eigenvalue weighted by Crippen LogP contribution is 2.22. The van der Waals surface area contributed by atoms with Crippen molar-refractivity contribution >= 4 is 11.7 Å². The van der Waals surface area contributed by atoms with Gasteiger partial charge in [-0.3, -0.25) is 4.79 Å². The molecule has 24 heavy (non-hydrogen) atoms. The number of hydrogen-bond donors (Lipinski definition) is 2. The maximum atomic E-state index is 12.6. The summed E-state index contributed by atoms with van der Waals surface area (Å²) in [5, 5.41) is 12.8. The maximum Gasteiger partial charge on any atom is 0.251 e. The van der Waals surface area contributed by atoms with Gasteiger partial charge in [-0.05, 0) is 31.5 Å². The molecule has 1 fully saturated rings. The van der Waals surface area contributed by atoms with Gasteiger partial charge in [0.15, 0.2) is 0 Å². The molecule has 6 heteroatoms. The van der Waals surface area contributed by atoms with Crippen molar-refractivity contribution in [3.63, 3.8) is 0 Å². The van der Waals surface area contributed by atoms with Crippen LogP contribution in [0, 0.1) is 19.8 Å². The summed E-state index contributed by atoms with van der Waals surface area (Å²) < 4.78 is 0. The average Bonchev–Trinajstić information content (AvgIpc) is 3.00. The zero-order chi connectivity index (χ0) is 17.1. The molecule has 6 nitrogen and oxygen atoms in total. The van der Waals surface area contributed by atoms with Gasteiger partial charge in [-0.1, -0.05) is 17.7 Å². The molecule has 1 aromatic carbocycles. The Balaban J connectivity index is 1.74. The number of rotatable bonds is 4. The van der Waals surface area contributed by atoms with Gasteiger partial charge in [0.2, 0.25) is 0 Å². The molecule has 126 valence electrons. The highest BCUT2D eigenvalue weighted by atomic mass is 16.3. The summed E-state index contributed by atoms with van der Waals surface area (Å²) in [7, 11) is 0. The van der Waals surface area contributed by atoms with Crippen LogP contribution in [-0.2, 0) is 0 Å². The van der Waals surface area contributed by atoms with Crippen molar-refractivity contribution in [3.8, 4) is 0 Å². The molecule has 0 saturated carbocycles. The summed E-state index contributed by atoms with van der Waals surface area (Å²) in [6.45, 7) is 5.21. The molecule has 1 saturated heterocycles. The standard InChI is InChI=1S/C18H22N4O2/c1-12-3-4-13(2)15(7-12)18(24)21-16-9-22(8-14(16)10-23)17-5-6-19-11-20-17/h3-7,11,14,16,23H,8-10H2,1-2H3,(H,21,24)/t14-,16+/m0/s1. The lowest BCUT2D eigenvalue weighted by Gasteiger charge is -2.19. The Morgan fingerprint density at radius 3 is 2.88 bits per heavy atom. The first-order valence-electron chi connectivity index (χ1n) is 8.08. The van der Waals surface area contributed by atoms with Crippen molar-refractivity contribution in [3.05, 3.63) is 53.5 Å². The monoisotopic (exact) mass is 326 g/mol. The zero-order valence-corrected chi connectivity index (χ0v) is 13.9. The van der Waals surface area contributed by atoms with Gasteiger partial charge in [0.25, 0.3) is 5.91 Å². The summed E-state index contributed by atoms with van der Waals surface area (Å²) in [5.41, 5.74) is 2.69. The summed E-state index contributed by atoms with van der Waals surface area (Å²) in [4.78, 5) is 22.9. The van der Waals surface area contributed by atoms with Crippen LogP contribution < -0.4 is 10.2 Å². The minimum atomic E-state index is -0.114. The van der Waals surface area contributed by atoms with Gasteiger partial charge in [0.05, 0.1) is 6.04 Å². The number of anilines is 1. The number of carbonyl (C=O) groups is 1. The van der Waals surface area contributed by atoms with Crippen LogP contribution in [0.25, 0.3) is 0 Å². The van der Waals surface area contributed by atoms with E-state index in [1.807, 2.05) is 38.1 Å². The topological polar surface area (TPSA) is 78.4 Å². The lowest BCUT2D eigenvalue weighted by Crippen LogP contribution is -2.41. The number of nitrogens with one attached hydrogen (secondary N) is 1. The Hall–Kier alpha value is -2.47. The first kappa shape index (κ1) is 16.4. The van der Waals surface area contributed by atoms with Crippen molar-refractivity contribution in [2.24, 2.45) is 5.92 Å². The van der Waals surface area contributed by atoms with Crippen molar-refractivity contribution in [2.75, 3.05) is 24.6 Å². The molecule has 1 amide bonds. The van der Waals surface area contributed by atoms with Gasteiger partial charge in [-0.25, -0.2) is 9.97 Å². The Bertz CT molecular complexity index is 720. The Morgan fingerprint density at radius 1 is 1.33 bits per heavy atom. The van der Waals surface area contributed by atoms with E-state index in [1.54, 1.807) is 6.20 Å². The molecule has 0 spiro atoms. The summed E-state index contributed by atoms with van der Waals surface area (Å²) >= 11 is 0. The van der Waals surface area contributed by atoms with Gasteiger partial charge in [-0.2, -0.15) is 0 Å². The van der Waals surface area contributed by atoms with E-state index >= 15 is 0 Å². The molecule has 0 bridgehead atoms. The third kappa shape index (κ3) is 3.38. The predicted molar refractivity (Wildman–Crippen MR) is 92.0 cm³/mol. The molecule has 2 aromatic rings. The van der Waals surface area contributed by atoms with Gasteiger partial charge in [0, 0.05) is 37.4 Å². The Labute approximate surface area is 141 Å². The Kier molecular flexibility index (Phi) is 4.76. The van der Waals surface area contributed by atoms with E-state index in [9.17, 15) is 9.90 Å². The fraction of sp³-hybridized carbons (Fsp3) is 0.389. The normalized spacial score (nSPS) is 20.2. The number of amides is 1. The highest BCUT2D eigenvalue weighted by molar-refractivity contribution is 5.96. The molecule has 2 atom stereocenters. The fourth-order valence-corrected chi connectivity index (χ4v) is 3.10. The first-order valence-corrected chi connectivity index (χ1v) is 8.08. The molecule has 1 aromatic heterocycles. The van der Waals surface area contributed by atoms with Crippen LogP contribution in [0.15, 0.2) is 36.8 Å². The molecular formula is C18H22N4O2. The number of carbonyl (C=O) groups excluding carboxylic acids is 1. The van der Waals surface area contributed by atoms with Crippen LogP contribution in [0.1, 0.15) is 21.5 Å². The summed E-state index contributed by atoms with van der Waals surface area (Å²) in [6.07, 6.45) is 3.20. The van der Waals surface area contributed by atoms with Crippen LogP contribution in [0.5, 0.6) is 0 Å². The van der Waals surface area contributed by atoms with Crippen LogP contribution >= 0.6 is 0 Å². The number of aromatic nitrogens is 2. The van der Waals surface area contributed by atoms with E-state index in [0.29, 0.717) is 18.7 Å². The van der Waals surface area contributed by atoms with Gasteiger partial charge in [-0.15, -0.1) is 0 Å². The second-order valence-corrected chi connectivity index (χ2v) is 6.31. The number of aliphatic hydroxyl groups excluding tert-OH is 1. The second-order valence-electron chi connectivity index (χ2n) is 6.31. The van der Waals surface area contributed by atoms with E-state index in [1.165, 1.54) is 6.33 Å². The average molecular weight is 326 g/mol. The van der Waals surface area contributed by atoms with Crippen LogP contribution in [0.3, 0.4) is 0 Å². The van der Waals surface area contributed by atoms with E-state index in [2.05, 4.69) is 20.2 Å². The number of aryl methyl sites for hydroxylation is 2. The van der Waals surface area contributed by atoms with Crippen molar-refractivity contribution in [1.29, 1.82) is 0 Å². The van der Waals surface area contributed by atoms with E-state index in [4.69, 9.17) is 0 Å². The lowest BCUT2D eigenvalue weighted by molar-refractivity contribution is 0.0921. The van der Waals surface area contributed by atoms with E-state index in [-0.39, 0.29) is 24.5 Å². The number of benzene rings is 1. The third-order valence-electron chi connectivity index (χ3n) is 4.52. The van der Waals surface area contributed by atoms with Crippen LogP contribution in [0.4, 0.5) is 5.82 Å². The van der Waals surface area contributed by atoms with Crippen molar-refractivity contribution < 1.29 is 9.90 Å². The Morgan fingerprint density at radius 2 is 2.17 bits per heavy atom. The second kappa shape index (κ2) is 6.97. The molecular weight excluding hydrogens is 304 g/mol. The highest BCUT2D eigenvalue weighted by Gasteiger charge is 2.34. The van der Waals surface area contributed by atoms with Crippen molar-refractivity contribution in [1.82, 2.24) is 15.3 Å². The molecule has 3 rings (SSSR count). The number of nitrogens with zero attached hydrogens (tertiary/aromatic N) is 3. The maximum absolute atomic E-state index is 12.6. The van der Waals surface area contributed by atoms with Gasteiger partial charge in [0.1, 0.15) is 12.1 Å². The SMILES string of the molecule is Cc1ccc(C)c(C(=O)N[C@@H]2CN(c3ccncn3)C[C@H]2CO)c1. The quantitative estimate of drug-likeness (QED) is 0.886. The third-order valence-corrected chi connectivity index (χ3v) is 4.52. The zero-order valence-electron chi connectivity index (χ0n) is 13.9. The van der Waals surface area contributed by atoms with E-state index < -0.39 is 0 Å². The first-order chi connectivity index (χ1) is 11.6. The number of hydrogen-bond acceptors (Lipinski definition) is 5. The lowest BCUT2D eigenvalue weighted by atomic mass is 10.0. The van der Waals surface area contributed by atoms with E-state index in [0.717, 1.165) is 16.9 Å². The van der Waals surface area contributed by atoms with Gasteiger partial charge >= 0.3 is 0 Å². The van der Waals surface area contributed by atoms with Crippen LogP contribution in [-0.4, -0.2) is 46.7 Å².